The molecular formula is C11H14ClNO. The van der Waals surface area contributed by atoms with E-state index in [-0.39, 0.29) is 5.78 Å². The first-order valence-electron chi connectivity index (χ1n) is 4.60. The highest BCUT2D eigenvalue weighted by molar-refractivity contribution is 6.31. The van der Waals surface area contributed by atoms with Gasteiger partial charge < -0.3 is 5.73 Å². The summed E-state index contributed by atoms with van der Waals surface area (Å²) in [7, 11) is 0. The zero-order valence-corrected chi connectivity index (χ0v) is 8.97. The maximum atomic E-state index is 11.3. The zero-order valence-electron chi connectivity index (χ0n) is 8.22. The number of aryl methyl sites for hydroxylation is 1. The van der Waals surface area contributed by atoms with Crippen molar-refractivity contribution in [2.45, 2.75) is 19.8 Å². The van der Waals surface area contributed by atoms with Crippen LogP contribution in [0.1, 0.15) is 17.5 Å². The monoisotopic (exact) mass is 211 g/mol. The molecule has 2 N–H and O–H groups in total. The largest absolute Gasteiger partial charge is 0.330 e. The highest BCUT2D eigenvalue weighted by Crippen LogP contribution is 2.18. The van der Waals surface area contributed by atoms with Crippen molar-refractivity contribution >= 4 is 17.4 Å². The predicted octanol–water partition coefficient (Wildman–Crippen LogP) is 2.11. The first-order chi connectivity index (χ1) is 6.63. The van der Waals surface area contributed by atoms with Gasteiger partial charge in [0.2, 0.25) is 0 Å². The van der Waals surface area contributed by atoms with Gasteiger partial charge in [-0.3, -0.25) is 4.79 Å². The molecule has 1 aromatic carbocycles. The van der Waals surface area contributed by atoms with E-state index in [2.05, 4.69) is 0 Å². The van der Waals surface area contributed by atoms with E-state index in [1.807, 2.05) is 25.1 Å². The van der Waals surface area contributed by atoms with Crippen LogP contribution in [0.4, 0.5) is 0 Å². The predicted molar refractivity (Wildman–Crippen MR) is 58.6 cm³/mol. The van der Waals surface area contributed by atoms with E-state index in [1.54, 1.807) is 0 Å². The van der Waals surface area contributed by atoms with Gasteiger partial charge in [-0.05, 0) is 30.7 Å². The molecule has 0 radical (unpaired) electrons. The fraction of sp³-hybridized carbons (Fsp3) is 0.364. The van der Waals surface area contributed by atoms with Crippen LogP contribution < -0.4 is 5.73 Å². The molecule has 0 bridgehead atoms. The van der Waals surface area contributed by atoms with Crippen LogP contribution in [0.15, 0.2) is 18.2 Å². The number of carbonyl (C=O) groups is 1. The second kappa shape index (κ2) is 5.13. The van der Waals surface area contributed by atoms with Crippen molar-refractivity contribution < 1.29 is 4.79 Å². The van der Waals surface area contributed by atoms with E-state index >= 15 is 0 Å². The number of halogens is 1. The van der Waals surface area contributed by atoms with Gasteiger partial charge in [0, 0.05) is 17.9 Å². The lowest BCUT2D eigenvalue weighted by Gasteiger charge is -2.03. The van der Waals surface area contributed by atoms with Gasteiger partial charge in [0.25, 0.3) is 0 Å². The van der Waals surface area contributed by atoms with Crippen molar-refractivity contribution in [3.8, 4) is 0 Å². The van der Waals surface area contributed by atoms with E-state index in [0.717, 1.165) is 11.1 Å². The molecule has 0 amide bonds. The summed E-state index contributed by atoms with van der Waals surface area (Å²) >= 11 is 5.99. The lowest BCUT2D eigenvalue weighted by atomic mass is 10.1. The molecule has 14 heavy (non-hydrogen) atoms. The zero-order chi connectivity index (χ0) is 10.6. The number of hydrogen-bond donors (Lipinski definition) is 1. The molecule has 0 unspecified atom stereocenters. The van der Waals surface area contributed by atoms with Crippen LogP contribution >= 0.6 is 11.6 Å². The highest BCUT2D eigenvalue weighted by atomic mass is 35.5. The maximum Gasteiger partial charge on any atom is 0.138 e. The number of rotatable bonds is 4. The lowest BCUT2D eigenvalue weighted by Crippen LogP contribution is -2.10. The molecule has 2 nitrogen and oxygen atoms in total. The molecule has 3 heteroatoms. The summed E-state index contributed by atoms with van der Waals surface area (Å²) in [5, 5.41) is 0.662. The third-order valence-corrected chi connectivity index (χ3v) is 2.37. The van der Waals surface area contributed by atoms with E-state index in [9.17, 15) is 4.79 Å². The molecule has 0 atom stereocenters. The maximum absolute atomic E-state index is 11.3. The average Bonchev–Trinajstić information content (AvgIpc) is 2.10. The molecule has 1 rings (SSSR count). The minimum absolute atomic E-state index is 0.137. The van der Waals surface area contributed by atoms with Crippen molar-refractivity contribution in [3.05, 3.63) is 34.3 Å². The minimum Gasteiger partial charge on any atom is -0.330 e. The molecule has 76 valence electrons. The normalized spacial score (nSPS) is 10.2. The van der Waals surface area contributed by atoms with Gasteiger partial charge in [0.05, 0.1) is 0 Å². The highest BCUT2D eigenvalue weighted by Gasteiger charge is 2.06. The van der Waals surface area contributed by atoms with Crippen LogP contribution in [-0.4, -0.2) is 12.3 Å². The van der Waals surface area contributed by atoms with E-state index in [4.69, 9.17) is 17.3 Å². The van der Waals surface area contributed by atoms with Crippen molar-refractivity contribution in [1.29, 1.82) is 0 Å². The molecule has 0 aliphatic carbocycles. The van der Waals surface area contributed by atoms with Crippen LogP contribution in [0.2, 0.25) is 5.02 Å². The Kier molecular flexibility index (Phi) is 4.11. The molecule has 0 aromatic heterocycles. The molecule has 0 fully saturated rings. The van der Waals surface area contributed by atoms with Crippen LogP contribution in [-0.2, 0) is 11.2 Å². The summed E-state index contributed by atoms with van der Waals surface area (Å²) < 4.78 is 0. The molecule has 1 aromatic rings. The number of nitrogens with two attached hydrogens (primary N) is 1. The standard InChI is InChI=1S/C11H14ClNO/c1-8-2-3-9(11(12)6-8)7-10(14)4-5-13/h2-3,6H,4-5,7,13H2,1H3. The molecule has 0 saturated heterocycles. The quantitative estimate of drug-likeness (QED) is 0.829. The van der Waals surface area contributed by atoms with Gasteiger partial charge in [-0.25, -0.2) is 0 Å². The van der Waals surface area contributed by atoms with Crippen LogP contribution in [0.5, 0.6) is 0 Å². The molecule has 0 aliphatic heterocycles. The fourth-order valence-corrected chi connectivity index (χ4v) is 1.56. The number of ketones is 1. The van der Waals surface area contributed by atoms with Gasteiger partial charge in [0.15, 0.2) is 0 Å². The first-order valence-corrected chi connectivity index (χ1v) is 4.98. The minimum atomic E-state index is 0.137. The van der Waals surface area contributed by atoms with E-state index in [1.165, 1.54) is 0 Å². The SMILES string of the molecule is Cc1ccc(CC(=O)CCN)c(Cl)c1. The number of Topliss-reactive ketones (excluding diaryl/α,β-unsaturated/α-hetero) is 1. The van der Waals surface area contributed by atoms with E-state index < -0.39 is 0 Å². The molecule has 0 saturated carbocycles. The topological polar surface area (TPSA) is 43.1 Å². The number of hydrogen-bond acceptors (Lipinski definition) is 2. The second-order valence-corrected chi connectivity index (χ2v) is 3.76. The Labute approximate surface area is 89.1 Å². The Hall–Kier alpha value is -0.860. The fourth-order valence-electron chi connectivity index (χ4n) is 1.26. The lowest BCUT2D eigenvalue weighted by molar-refractivity contribution is -0.118. The van der Waals surface area contributed by atoms with Crippen molar-refractivity contribution in [2.75, 3.05) is 6.54 Å². The Morgan fingerprint density at radius 2 is 2.21 bits per heavy atom. The summed E-state index contributed by atoms with van der Waals surface area (Å²) in [5.74, 6) is 0.137. The van der Waals surface area contributed by atoms with Gasteiger partial charge in [-0.1, -0.05) is 23.7 Å². The summed E-state index contributed by atoms with van der Waals surface area (Å²) in [6, 6.07) is 5.72. The summed E-state index contributed by atoms with van der Waals surface area (Å²) in [6.45, 7) is 2.37. The molecular weight excluding hydrogens is 198 g/mol. The molecule has 0 heterocycles. The Morgan fingerprint density at radius 3 is 2.79 bits per heavy atom. The number of benzene rings is 1. The average molecular weight is 212 g/mol. The first kappa shape index (κ1) is 11.2. The Balaban J connectivity index is 2.72. The van der Waals surface area contributed by atoms with Gasteiger partial charge >= 0.3 is 0 Å². The van der Waals surface area contributed by atoms with Crippen molar-refractivity contribution in [2.24, 2.45) is 5.73 Å². The van der Waals surface area contributed by atoms with Crippen LogP contribution in [0, 0.1) is 6.92 Å². The number of carbonyl (C=O) groups excluding carboxylic acids is 1. The Bertz CT molecular complexity index is 336. The second-order valence-electron chi connectivity index (χ2n) is 3.35. The van der Waals surface area contributed by atoms with Crippen LogP contribution in [0.3, 0.4) is 0 Å². The molecule has 0 aliphatic rings. The van der Waals surface area contributed by atoms with Gasteiger partial charge in [-0.15, -0.1) is 0 Å². The van der Waals surface area contributed by atoms with Crippen LogP contribution in [0.25, 0.3) is 0 Å². The van der Waals surface area contributed by atoms with Gasteiger partial charge in [0.1, 0.15) is 5.78 Å². The Morgan fingerprint density at radius 1 is 1.50 bits per heavy atom. The summed E-state index contributed by atoms with van der Waals surface area (Å²) in [5.41, 5.74) is 7.28. The van der Waals surface area contributed by atoms with Gasteiger partial charge in [-0.2, -0.15) is 0 Å². The third-order valence-electron chi connectivity index (χ3n) is 2.02. The summed E-state index contributed by atoms with van der Waals surface area (Å²) in [4.78, 5) is 11.3. The summed E-state index contributed by atoms with van der Waals surface area (Å²) in [6.07, 6.45) is 0.806. The third kappa shape index (κ3) is 3.13. The smallest absolute Gasteiger partial charge is 0.138 e. The van der Waals surface area contributed by atoms with E-state index in [0.29, 0.717) is 24.4 Å². The van der Waals surface area contributed by atoms with Crippen molar-refractivity contribution in [3.63, 3.8) is 0 Å². The van der Waals surface area contributed by atoms with Crippen molar-refractivity contribution in [1.82, 2.24) is 0 Å². The molecule has 0 spiro atoms.